The van der Waals surface area contributed by atoms with Crippen molar-refractivity contribution >= 4 is 11.0 Å². The third-order valence-corrected chi connectivity index (χ3v) is 4.98. The molecular weight excluding hydrogens is 319 g/mol. The van der Waals surface area contributed by atoms with Gasteiger partial charge >= 0.3 is 0 Å². The van der Waals surface area contributed by atoms with E-state index in [4.69, 9.17) is 9.26 Å². The van der Waals surface area contributed by atoms with Gasteiger partial charge in [-0.2, -0.15) is 0 Å². The molecule has 1 aromatic heterocycles. The smallest absolute Gasteiger partial charge is 0.170 e. The number of fused-ring (bicyclic) bond motifs is 1. The van der Waals surface area contributed by atoms with Crippen LogP contribution in [-0.2, 0) is 6.54 Å². The number of benzene rings is 2. The SMILES string of the molecule is COc1cccc(CN2CCC(c3noc4cc(F)ccc34)CC2)c1. The molecule has 0 spiro atoms. The van der Waals surface area contributed by atoms with Gasteiger partial charge in [-0.15, -0.1) is 0 Å². The molecule has 2 aromatic carbocycles. The van der Waals surface area contributed by atoms with E-state index in [2.05, 4.69) is 22.2 Å². The van der Waals surface area contributed by atoms with Gasteiger partial charge in [-0.1, -0.05) is 17.3 Å². The summed E-state index contributed by atoms with van der Waals surface area (Å²) < 4.78 is 23.9. The molecule has 4 nitrogen and oxygen atoms in total. The van der Waals surface area contributed by atoms with Crippen LogP contribution in [0.5, 0.6) is 5.75 Å². The van der Waals surface area contributed by atoms with Crippen LogP contribution in [0.4, 0.5) is 4.39 Å². The molecule has 25 heavy (non-hydrogen) atoms. The Hall–Kier alpha value is -2.40. The molecule has 4 rings (SSSR count). The minimum absolute atomic E-state index is 0.289. The molecule has 1 aliphatic heterocycles. The third kappa shape index (κ3) is 3.37. The van der Waals surface area contributed by atoms with E-state index in [9.17, 15) is 4.39 Å². The fraction of sp³-hybridized carbons (Fsp3) is 0.350. The number of nitrogens with zero attached hydrogens (tertiary/aromatic N) is 2. The van der Waals surface area contributed by atoms with E-state index in [1.807, 2.05) is 12.1 Å². The van der Waals surface area contributed by atoms with E-state index in [1.54, 1.807) is 13.2 Å². The average molecular weight is 340 g/mol. The molecule has 0 saturated carbocycles. The van der Waals surface area contributed by atoms with Gasteiger partial charge < -0.3 is 9.26 Å². The van der Waals surface area contributed by atoms with Crippen LogP contribution < -0.4 is 4.74 Å². The second-order valence-electron chi connectivity index (χ2n) is 6.61. The molecule has 1 aliphatic rings. The summed E-state index contributed by atoms with van der Waals surface area (Å²) in [4.78, 5) is 2.45. The van der Waals surface area contributed by atoms with Crippen LogP contribution in [0.1, 0.15) is 30.0 Å². The highest BCUT2D eigenvalue weighted by Crippen LogP contribution is 2.33. The number of hydrogen-bond donors (Lipinski definition) is 0. The molecule has 0 radical (unpaired) electrons. The van der Waals surface area contributed by atoms with E-state index >= 15 is 0 Å². The van der Waals surface area contributed by atoms with Crippen LogP contribution in [0.2, 0.25) is 0 Å². The van der Waals surface area contributed by atoms with Crippen LogP contribution in [0.25, 0.3) is 11.0 Å². The number of methoxy groups -OCH3 is 1. The molecule has 5 heteroatoms. The van der Waals surface area contributed by atoms with Crippen molar-refractivity contribution in [3.63, 3.8) is 0 Å². The number of piperidine rings is 1. The van der Waals surface area contributed by atoms with Crippen molar-refractivity contribution in [3.05, 3.63) is 59.5 Å². The Balaban J connectivity index is 1.42. The summed E-state index contributed by atoms with van der Waals surface area (Å²) in [5.74, 6) is 0.977. The van der Waals surface area contributed by atoms with Crippen molar-refractivity contribution < 1.29 is 13.7 Å². The maximum Gasteiger partial charge on any atom is 0.170 e. The summed E-state index contributed by atoms with van der Waals surface area (Å²) in [6.45, 7) is 2.95. The lowest BCUT2D eigenvalue weighted by molar-refractivity contribution is 0.201. The minimum Gasteiger partial charge on any atom is -0.497 e. The summed E-state index contributed by atoms with van der Waals surface area (Å²) >= 11 is 0. The molecule has 0 N–H and O–H groups in total. The lowest BCUT2D eigenvalue weighted by atomic mass is 9.91. The van der Waals surface area contributed by atoms with Crippen LogP contribution >= 0.6 is 0 Å². The Morgan fingerprint density at radius 1 is 1.20 bits per heavy atom. The van der Waals surface area contributed by atoms with Gasteiger partial charge in [-0.3, -0.25) is 4.90 Å². The van der Waals surface area contributed by atoms with Crippen molar-refractivity contribution in [2.45, 2.75) is 25.3 Å². The molecule has 1 saturated heterocycles. The largest absolute Gasteiger partial charge is 0.497 e. The van der Waals surface area contributed by atoms with E-state index in [-0.39, 0.29) is 5.82 Å². The van der Waals surface area contributed by atoms with Gasteiger partial charge in [0.15, 0.2) is 5.58 Å². The monoisotopic (exact) mass is 340 g/mol. The van der Waals surface area contributed by atoms with E-state index in [0.717, 1.165) is 49.3 Å². The first-order chi connectivity index (χ1) is 12.2. The van der Waals surface area contributed by atoms with Gasteiger partial charge in [0.05, 0.1) is 12.8 Å². The van der Waals surface area contributed by atoms with Gasteiger partial charge in [0, 0.05) is 23.9 Å². The quantitative estimate of drug-likeness (QED) is 0.707. The number of aromatic nitrogens is 1. The first-order valence-electron chi connectivity index (χ1n) is 8.63. The topological polar surface area (TPSA) is 38.5 Å². The summed E-state index contributed by atoms with van der Waals surface area (Å²) in [5, 5.41) is 5.15. The van der Waals surface area contributed by atoms with E-state index < -0.39 is 0 Å². The van der Waals surface area contributed by atoms with Crippen molar-refractivity contribution in [2.75, 3.05) is 20.2 Å². The highest BCUT2D eigenvalue weighted by Gasteiger charge is 2.25. The second-order valence-corrected chi connectivity index (χ2v) is 6.61. The highest BCUT2D eigenvalue weighted by atomic mass is 19.1. The number of halogens is 1. The van der Waals surface area contributed by atoms with Crippen LogP contribution in [0.15, 0.2) is 47.0 Å². The molecule has 2 heterocycles. The number of ether oxygens (including phenoxy) is 1. The molecule has 0 atom stereocenters. The average Bonchev–Trinajstić information content (AvgIpc) is 3.05. The summed E-state index contributed by atoms with van der Waals surface area (Å²) in [6, 6.07) is 12.9. The molecule has 0 bridgehead atoms. The zero-order valence-corrected chi connectivity index (χ0v) is 14.2. The fourth-order valence-corrected chi connectivity index (χ4v) is 3.62. The molecular formula is C20H21FN2O2. The first kappa shape index (κ1) is 16.1. The predicted octanol–water partition coefficient (Wildman–Crippen LogP) is 4.36. The van der Waals surface area contributed by atoms with Crippen LogP contribution in [0, 0.1) is 5.82 Å². The van der Waals surface area contributed by atoms with Gasteiger partial charge in [-0.05, 0) is 55.8 Å². The predicted molar refractivity (Wildman–Crippen MR) is 94.2 cm³/mol. The number of likely N-dealkylation sites (tertiary alicyclic amines) is 1. The minimum atomic E-state index is -0.289. The molecule has 130 valence electrons. The standard InChI is InChI=1S/C20H21FN2O2/c1-24-17-4-2-3-14(11-17)13-23-9-7-15(8-10-23)20-18-6-5-16(21)12-19(18)25-22-20/h2-6,11-12,15H,7-10,13H2,1H3. The number of rotatable bonds is 4. The van der Waals surface area contributed by atoms with Crippen molar-refractivity contribution in [2.24, 2.45) is 0 Å². The summed E-state index contributed by atoms with van der Waals surface area (Å²) in [6.07, 6.45) is 2.06. The van der Waals surface area contributed by atoms with E-state index in [0.29, 0.717) is 11.5 Å². The van der Waals surface area contributed by atoms with Gasteiger partial charge in [0.2, 0.25) is 0 Å². The third-order valence-electron chi connectivity index (χ3n) is 4.98. The van der Waals surface area contributed by atoms with E-state index in [1.165, 1.54) is 17.7 Å². The van der Waals surface area contributed by atoms with Crippen molar-refractivity contribution in [1.82, 2.24) is 10.1 Å². The Labute approximate surface area is 146 Å². The molecule has 1 fully saturated rings. The van der Waals surface area contributed by atoms with Gasteiger partial charge in [0.1, 0.15) is 11.6 Å². The molecule has 0 unspecified atom stereocenters. The Bertz CT molecular complexity index is 869. The van der Waals surface area contributed by atoms with Crippen molar-refractivity contribution in [3.8, 4) is 5.75 Å². The number of hydrogen-bond acceptors (Lipinski definition) is 4. The van der Waals surface area contributed by atoms with Crippen LogP contribution in [-0.4, -0.2) is 30.3 Å². The summed E-state index contributed by atoms with van der Waals surface area (Å²) in [7, 11) is 1.69. The normalized spacial score (nSPS) is 16.4. The Kier molecular flexibility index (Phi) is 4.40. The zero-order valence-electron chi connectivity index (χ0n) is 14.2. The second kappa shape index (κ2) is 6.84. The fourth-order valence-electron chi connectivity index (χ4n) is 3.62. The molecule has 0 aliphatic carbocycles. The molecule has 0 amide bonds. The maximum atomic E-state index is 13.3. The molecule has 3 aromatic rings. The van der Waals surface area contributed by atoms with Gasteiger partial charge in [-0.25, -0.2) is 4.39 Å². The zero-order chi connectivity index (χ0) is 17.2. The van der Waals surface area contributed by atoms with Gasteiger partial charge in [0.25, 0.3) is 0 Å². The first-order valence-corrected chi connectivity index (χ1v) is 8.63. The summed E-state index contributed by atoms with van der Waals surface area (Å²) in [5.41, 5.74) is 2.77. The van der Waals surface area contributed by atoms with Crippen molar-refractivity contribution in [1.29, 1.82) is 0 Å². The maximum absolute atomic E-state index is 13.3. The Morgan fingerprint density at radius 2 is 2.04 bits per heavy atom. The lowest BCUT2D eigenvalue weighted by Crippen LogP contribution is -2.32. The lowest BCUT2D eigenvalue weighted by Gasteiger charge is -2.31. The van der Waals surface area contributed by atoms with Crippen LogP contribution in [0.3, 0.4) is 0 Å². The highest BCUT2D eigenvalue weighted by molar-refractivity contribution is 5.79. The Morgan fingerprint density at radius 3 is 2.84 bits per heavy atom.